The second-order valence-electron chi connectivity index (χ2n) is 3.14. The van der Waals surface area contributed by atoms with Crippen molar-refractivity contribution in [2.24, 2.45) is 5.73 Å². The number of urea groups is 1. The highest BCUT2D eigenvalue weighted by molar-refractivity contribution is 5.80. The zero-order valence-electron chi connectivity index (χ0n) is 8.49. The molecule has 0 rings (SSSR count). The Labute approximate surface area is 83.1 Å². The maximum atomic E-state index is 11.4. The van der Waals surface area contributed by atoms with Crippen LogP contribution in [0.4, 0.5) is 4.79 Å². The Morgan fingerprint density at radius 1 is 1.50 bits per heavy atom. The van der Waals surface area contributed by atoms with Crippen LogP contribution in [0.5, 0.6) is 0 Å². The molecule has 0 aliphatic heterocycles. The highest BCUT2D eigenvalue weighted by Gasteiger charge is 2.18. The van der Waals surface area contributed by atoms with Gasteiger partial charge < -0.3 is 21.1 Å². The molecule has 0 atom stereocenters. The van der Waals surface area contributed by atoms with Gasteiger partial charge in [0.05, 0.1) is 0 Å². The van der Waals surface area contributed by atoms with Crippen LogP contribution >= 0.6 is 0 Å². The van der Waals surface area contributed by atoms with E-state index in [0.29, 0.717) is 13.1 Å². The number of amides is 2. The predicted molar refractivity (Wildman–Crippen MR) is 51.9 cm³/mol. The summed E-state index contributed by atoms with van der Waals surface area (Å²) in [6, 6.07) is -0.545. The van der Waals surface area contributed by atoms with E-state index in [0.717, 1.165) is 0 Å². The summed E-state index contributed by atoms with van der Waals surface area (Å²) in [6.45, 7) is 3.90. The molecule has 14 heavy (non-hydrogen) atoms. The van der Waals surface area contributed by atoms with E-state index in [4.69, 9.17) is 10.8 Å². The molecule has 4 N–H and O–H groups in total. The molecule has 0 fully saturated rings. The molecule has 0 aromatic rings. The summed E-state index contributed by atoms with van der Waals surface area (Å²) in [5.41, 5.74) is 5.20. The Morgan fingerprint density at radius 3 is 2.43 bits per heavy atom. The molecule has 0 saturated heterocycles. The maximum Gasteiger partial charge on any atom is 0.323 e. The van der Waals surface area contributed by atoms with Crippen LogP contribution in [0.2, 0.25) is 0 Å². The first-order chi connectivity index (χ1) is 6.49. The van der Waals surface area contributed by atoms with E-state index in [1.54, 1.807) is 13.8 Å². The van der Waals surface area contributed by atoms with E-state index in [-0.39, 0.29) is 12.6 Å². The monoisotopic (exact) mass is 203 g/mol. The maximum absolute atomic E-state index is 11.4. The molecule has 82 valence electrons. The predicted octanol–water partition coefficient (Wildman–Crippen LogP) is -0.550. The van der Waals surface area contributed by atoms with Gasteiger partial charge in [0.15, 0.2) is 0 Å². The highest BCUT2D eigenvalue weighted by atomic mass is 16.4. The summed E-state index contributed by atoms with van der Waals surface area (Å²) >= 11 is 0. The Morgan fingerprint density at radius 2 is 2.07 bits per heavy atom. The van der Waals surface area contributed by atoms with E-state index >= 15 is 0 Å². The first-order valence-electron chi connectivity index (χ1n) is 4.45. The van der Waals surface area contributed by atoms with Gasteiger partial charge in [0.2, 0.25) is 0 Å². The van der Waals surface area contributed by atoms with Gasteiger partial charge in [-0.3, -0.25) is 4.79 Å². The van der Waals surface area contributed by atoms with Crippen molar-refractivity contribution >= 4 is 12.0 Å². The lowest BCUT2D eigenvalue weighted by Gasteiger charge is -2.24. The minimum Gasteiger partial charge on any atom is -0.480 e. The van der Waals surface area contributed by atoms with Crippen LogP contribution in [0, 0.1) is 0 Å². The van der Waals surface area contributed by atoms with Gasteiger partial charge in [0.25, 0.3) is 0 Å². The molecular formula is C8H17N3O3. The number of rotatable bonds is 5. The second kappa shape index (κ2) is 6.20. The van der Waals surface area contributed by atoms with Crippen molar-refractivity contribution in [3.63, 3.8) is 0 Å². The molecule has 2 amide bonds. The number of nitrogens with one attached hydrogen (secondary N) is 1. The van der Waals surface area contributed by atoms with Crippen LogP contribution in [0.1, 0.15) is 13.8 Å². The fraction of sp³-hybridized carbons (Fsp3) is 0.750. The minimum atomic E-state index is -1.03. The summed E-state index contributed by atoms with van der Waals surface area (Å²) in [5, 5.41) is 11.1. The lowest BCUT2D eigenvalue weighted by atomic mass is 10.3. The van der Waals surface area contributed by atoms with Gasteiger partial charge in [-0.05, 0) is 13.8 Å². The van der Waals surface area contributed by atoms with E-state index in [1.807, 2.05) is 0 Å². The molecule has 0 unspecified atom stereocenters. The molecule has 0 radical (unpaired) electrons. The number of nitrogens with zero attached hydrogens (tertiary/aromatic N) is 1. The zero-order valence-corrected chi connectivity index (χ0v) is 8.49. The summed E-state index contributed by atoms with van der Waals surface area (Å²) in [5.74, 6) is -1.03. The van der Waals surface area contributed by atoms with Crippen molar-refractivity contribution in [2.45, 2.75) is 19.9 Å². The van der Waals surface area contributed by atoms with Crippen LogP contribution in [0.15, 0.2) is 0 Å². The van der Waals surface area contributed by atoms with Crippen LogP contribution in [0.3, 0.4) is 0 Å². The van der Waals surface area contributed by atoms with Gasteiger partial charge in [0.1, 0.15) is 6.54 Å². The molecule has 0 aliphatic rings. The molecule has 0 aromatic heterocycles. The molecule has 6 heteroatoms. The van der Waals surface area contributed by atoms with E-state index < -0.39 is 12.0 Å². The zero-order chi connectivity index (χ0) is 11.1. The van der Waals surface area contributed by atoms with Gasteiger partial charge in [-0.15, -0.1) is 0 Å². The number of carbonyl (C=O) groups is 2. The topological polar surface area (TPSA) is 95.7 Å². The fourth-order valence-electron chi connectivity index (χ4n) is 0.915. The summed E-state index contributed by atoms with van der Waals surface area (Å²) in [4.78, 5) is 23.1. The first-order valence-corrected chi connectivity index (χ1v) is 4.45. The molecule has 6 nitrogen and oxygen atoms in total. The van der Waals surface area contributed by atoms with Crippen LogP contribution in [-0.4, -0.2) is 47.7 Å². The van der Waals surface area contributed by atoms with Gasteiger partial charge in [0, 0.05) is 19.1 Å². The van der Waals surface area contributed by atoms with Crippen LogP contribution in [-0.2, 0) is 4.79 Å². The van der Waals surface area contributed by atoms with Crippen LogP contribution < -0.4 is 11.1 Å². The number of hydrogen-bond donors (Lipinski definition) is 3. The van der Waals surface area contributed by atoms with Crippen molar-refractivity contribution in [2.75, 3.05) is 19.6 Å². The second-order valence-corrected chi connectivity index (χ2v) is 3.14. The third-order valence-electron chi connectivity index (χ3n) is 1.61. The molecule has 0 aromatic carbocycles. The lowest BCUT2D eigenvalue weighted by Crippen LogP contribution is -2.47. The standard InChI is InChI=1S/C8H17N3O3/c1-6(2)11(5-7(12)13)8(14)10-4-3-9/h6H,3-5,9H2,1-2H3,(H,10,14)(H,12,13). The Kier molecular flexibility index (Phi) is 5.62. The van der Waals surface area contributed by atoms with Gasteiger partial charge in [-0.25, -0.2) is 4.79 Å². The molecule has 0 aliphatic carbocycles. The average Bonchev–Trinajstić information content (AvgIpc) is 2.09. The van der Waals surface area contributed by atoms with Crippen LogP contribution in [0.25, 0.3) is 0 Å². The molecular weight excluding hydrogens is 186 g/mol. The molecule has 0 saturated carbocycles. The smallest absolute Gasteiger partial charge is 0.323 e. The van der Waals surface area contributed by atoms with Crippen molar-refractivity contribution in [1.29, 1.82) is 0 Å². The number of nitrogens with two attached hydrogens (primary N) is 1. The number of carboxylic acid groups (broad SMARTS) is 1. The van der Waals surface area contributed by atoms with E-state index in [2.05, 4.69) is 5.32 Å². The van der Waals surface area contributed by atoms with Crippen molar-refractivity contribution in [3.05, 3.63) is 0 Å². The third kappa shape index (κ3) is 4.66. The van der Waals surface area contributed by atoms with E-state index in [1.165, 1.54) is 4.90 Å². The minimum absolute atomic E-state index is 0.149. The Balaban J connectivity index is 4.19. The fourth-order valence-corrected chi connectivity index (χ4v) is 0.915. The first kappa shape index (κ1) is 12.7. The number of carboxylic acids is 1. The number of aliphatic carboxylic acids is 1. The Bertz CT molecular complexity index is 206. The third-order valence-corrected chi connectivity index (χ3v) is 1.61. The van der Waals surface area contributed by atoms with Crippen molar-refractivity contribution in [1.82, 2.24) is 10.2 Å². The Hall–Kier alpha value is -1.30. The van der Waals surface area contributed by atoms with Gasteiger partial charge in [-0.2, -0.15) is 0 Å². The molecule has 0 spiro atoms. The highest BCUT2D eigenvalue weighted by Crippen LogP contribution is 1.97. The van der Waals surface area contributed by atoms with Gasteiger partial charge in [-0.1, -0.05) is 0 Å². The molecule has 0 bridgehead atoms. The number of hydrogen-bond acceptors (Lipinski definition) is 3. The largest absolute Gasteiger partial charge is 0.480 e. The molecule has 0 heterocycles. The lowest BCUT2D eigenvalue weighted by molar-refractivity contribution is -0.138. The summed E-state index contributed by atoms with van der Waals surface area (Å²) < 4.78 is 0. The quantitative estimate of drug-likeness (QED) is 0.558. The average molecular weight is 203 g/mol. The number of carbonyl (C=O) groups excluding carboxylic acids is 1. The SMILES string of the molecule is CC(C)N(CC(=O)O)C(=O)NCCN. The van der Waals surface area contributed by atoms with E-state index in [9.17, 15) is 9.59 Å². The van der Waals surface area contributed by atoms with Crippen molar-refractivity contribution < 1.29 is 14.7 Å². The normalized spacial score (nSPS) is 10.0. The van der Waals surface area contributed by atoms with Gasteiger partial charge >= 0.3 is 12.0 Å². The van der Waals surface area contributed by atoms with Crippen molar-refractivity contribution in [3.8, 4) is 0 Å². The summed E-state index contributed by atoms with van der Waals surface area (Å²) in [7, 11) is 0. The summed E-state index contributed by atoms with van der Waals surface area (Å²) in [6.07, 6.45) is 0.